The number of fused-ring (bicyclic) bond motifs is 1. The zero-order valence-electron chi connectivity index (χ0n) is 11.2. The normalized spacial score (nSPS) is 13.6. The summed E-state index contributed by atoms with van der Waals surface area (Å²) in [6, 6.07) is 9.76. The second-order valence-corrected chi connectivity index (χ2v) is 5.80. The molecule has 1 aromatic carbocycles. The van der Waals surface area contributed by atoms with E-state index in [0.717, 1.165) is 15.0 Å². The number of aliphatic hydroxyl groups excluding tert-OH is 1. The molecular weight excluding hydrogens is 296 g/mol. The van der Waals surface area contributed by atoms with Crippen LogP contribution in [0.4, 0.5) is 0 Å². The van der Waals surface area contributed by atoms with Gasteiger partial charge in [0.2, 0.25) is 5.91 Å². The van der Waals surface area contributed by atoms with Crippen LogP contribution in [-0.4, -0.2) is 23.6 Å². The molecule has 1 amide bonds. The minimum absolute atomic E-state index is 0. The molecule has 0 bridgehead atoms. The van der Waals surface area contributed by atoms with Crippen LogP contribution in [0.2, 0.25) is 0 Å². The highest BCUT2D eigenvalue weighted by molar-refractivity contribution is 7.19. The number of benzene rings is 1. The Morgan fingerprint density at radius 2 is 2.15 bits per heavy atom. The summed E-state index contributed by atoms with van der Waals surface area (Å²) in [6.45, 7) is 2.00. The Balaban J connectivity index is 0.00000200. The van der Waals surface area contributed by atoms with Crippen molar-refractivity contribution in [3.8, 4) is 0 Å². The Morgan fingerprint density at radius 1 is 1.45 bits per heavy atom. The summed E-state index contributed by atoms with van der Waals surface area (Å²) in [5.41, 5.74) is 5.54. The van der Waals surface area contributed by atoms with Crippen molar-refractivity contribution in [2.45, 2.75) is 25.5 Å². The number of carbonyl (C=O) groups excluding carboxylic acids is 1. The molecular formula is C14H19ClN2O2S. The van der Waals surface area contributed by atoms with Gasteiger partial charge in [0.05, 0.1) is 0 Å². The summed E-state index contributed by atoms with van der Waals surface area (Å²) in [5.74, 6) is -0.129. The number of halogens is 1. The summed E-state index contributed by atoms with van der Waals surface area (Å²) in [7, 11) is 0. The first kappa shape index (κ1) is 16.9. The number of nitrogens with one attached hydrogen (secondary N) is 1. The van der Waals surface area contributed by atoms with Crippen LogP contribution in [0.5, 0.6) is 0 Å². The van der Waals surface area contributed by atoms with Gasteiger partial charge in [-0.1, -0.05) is 18.2 Å². The van der Waals surface area contributed by atoms with E-state index in [2.05, 4.69) is 5.32 Å². The van der Waals surface area contributed by atoms with Crippen molar-refractivity contribution in [3.05, 3.63) is 35.2 Å². The Kier molecular flexibility index (Phi) is 6.42. The van der Waals surface area contributed by atoms with Crippen molar-refractivity contribution in [1.29, 1.82) is 0 Å². The average molecular weight is 315 g/mol. The molecule has 0 aliphatic rings. The highest BCUT2D eigenvalue weighted by Crippen LogP contribution is 2.29. The van der Waals surface area contributed by atoms with Crippen molar-refractivity contribution >= 4 is 39.7 Å². The molecule has 2 atom stereocenters. The lowest BCUT2D eigenvalue weighted by atomic mass is 10.2. The van der Waals surface area contributed by atoms with Crippen LogP contribution in [0.3, 0.4) is 0 Å². The number of thiophene rings is 1. The Labute approximate surface area is 128 Å². The average Bonchev–Trinajstić information content (AvgIpc) is 2.78. The molecule has 4 nitrogen and oxygen atoms in total. The highest BCUT2D eigenvalue weighted by Gasteiger charge is 2.13. The molecule has 20 heavy (non-hydrogen) atoms. The summed E-state index contributed by atoms with van der Waals surface area (Å²) in [4.78, 5) is 12.3. The van der Waals surface area contributed by atoms with Gasteiger partial charge in [-0.25, -0.2) is 0 Å². The molecule has 4 N–H and O–H groups in total. The third kappa shape index (κ3) is 4.45. The number of hydrogen-bond acceptors (Lipinski definition) is 4. The number of amides is 1. The quantitative estimate of drug-likeness (QED) is 0.792. The van der Waals surface area contributed by atoms with Gasteiger partial charge in [-0.2, -0.15) is 0 Å². The summed E-state index contributed by atoms with van der Waals surface area (Å²) in [6.07, 6.45) is -0.395. The number of rotatable bonds is 5. The molecule has 0 saturated carbocycles. The molecule has 1 heterocycles. The predicted octanol–water partition coefficient (Wildman–Crippen LogP) is 2.21. The number of carbonyl (C=O) groups is 1. The first-order valence-corrected chi connectivity index (χ1v) is 7.06. The minimum Gasteiger partial charge on any atom is -0.386 e. The molecule has 0 fully saturated rings. The van der Waals surface area contributed by atoms with Gasteiger partial charge in [0.15, 0.2) is 0 Å². The first-order valence-electron chi connectivity index (χ1n) is 6.25. The van der Waals surface area contributed by atoms with E-state index in [0.29, 0.717) is 0 Å². The molecule has 0 radical (unpaired) electrons. The van der Waals surface area contributed by atoms with Crippen LogP contribution >= 0.6 is 23.7 Å². The molecule has 6 heteroatoms. The van der Waals surface area contributed by atoms with Crippen LogP contribution in [0, 0.1) is 0 Å². The van der Waals surface area contributed by atoms with E-state index >= 15 is 0 Å². The van der Waals surface area contributed by atoms with Gasteiger partial charge in [0.1, 0.15) is 6.10 Å². The fraction of sp³-hybridized carbons (Fsp3) is 0.357. The Morgan fingerprint density at radius 3 is 2.80 bits per heavy atom. The molecule has 0 aliphatic heterocycles. The van der Waals surface area contributed by atoms with Crippen molar-refractivity contribution in [2.75, 3.05) is 6.54 Å². The van der Waals surface area contributed by atoms with E-state index in [1.165, 1.54) is 0 Å². The van der Waals surface area contributed by atoms with E-state index in [1.807, 2.05) is 30.3 Å². The van der Waals surface area contributed by atoms with E-state index in [1.54, 1.807) is 18.3 Å². The van der Waals surface area contributed by atoms with E-state index < -0.39 is 6.10 Å². The van der Waals surface area contributed by atoms with Gasteiger partial charge in [-0.3, -0.25) is 4.79 Å². The molecule has 110 valence electrons. The van der Waals surface area contributed by atoms with Crippen molar-refractivity contribution < 1.29 is 9.90 Å². The summed E-state index contributed by atoms with van der Waals surface area (Å²) < 4.78 is 1.14. The predicted molar refractivity (Wildman–Crippen MR) is 85.3 cm³/mol. The van der Waals surface area contributed by atoms with Gasteiger partial charge in [-0.15, -0.1) is 23.7 Å². The smallest absolute Gasteiger partial charge is 0.221 e. The molecule has 2 rings (SSSR count). The monoisotopic (exact) mass is 314 g/mol. The van der Waals surface area contributed by atoms with Crippen LogP contribution in [0.25, 0.3) is 10.1 Å². The fourth-order valence-corrected chi connectivity index (χ4v) is 2.89. The molecule has 0 saturated heterocycles. The molecule has 2 unspecified atom stereocenters. The molecule has 1 aromatic heterocycles. The zero-order chi connectivity index (χ0) is 13.8. The van der Waals surface area contributed by atoms with Crippen LogP contribution in [-0.2, 0) is 4.79 Å². The lowest BCUT2D eigenvalue weighted by molar-refractivity contribution is -0.121. The van der Waals surface area contributed by atoms with Crippen LogP contribution in [0.15, 0.2) is 30.3 Å². The Bertz CT molecular complexity index is 538. The highest BCUT2D eigenvalue weighted by atomic mass is 35.5. The lowest BCUT2D eigenvalue weighted by Crippen LogP contribution is -2.32. The maximum absolute atomic E-state index is 11.5. The van der Waals surface area contributed by atoms with Crippen molar-refractivity contribution in [1.82, 2.24) is 5.32 Å². The topological polar surface area (TPSA) is 75.4 Å². The van der Waals surface area contributed by atoms with Gasteiger partial charge in [0.25, 0.3) is 0 Å². The van der Waals surface area contributed by atoms with E-state index in [-0.39, 0.29) is 37.3 Å². The summed E-state index contributed by atoms with van der Waals surface area (Å²) >= 11 is 1.54. The number of hydrogen-bond donors (Lipinski definition) is 3. The van der Waals surface area contributed by atoms with Gasteiger partial charge in [0, 0.05) is 28.6 Å². The summed E-state index contributed by atoms with van der Waals surface area (Å²) in [5, 5.41) is 13.9. The third-order valence-corrected chi connectivity index (χ3v) is 3.99. The second-order valence-electron chi connectivity index (χ2n) is 4.69. The molecule has 0 aliphatic carbocycles. The van der Waals surface area contributed by atoms with E-state index in [4.69, 9.17) is 5.73 Å². The maximum atomic E-state index is 11.5. The van der Waals surface area contributed by atoms with Crippen LogP contribution in [0.1, 0.15) is 24.3 Å². The van der Waals surface area contributed by atoms with Crippen LogP contribution < -0.4 is 11.1 Å². The zero-order valence-corrected chi connectivity index (χ0v) is 12.8. The molecule has 2 aromatic rings. The largest absolute Gasteiger partial charge is 0.386 e. The van der Waals surface area contributed by atoms with Crippen molar-refractivity contribution in [3.63, 3.8) is 0 Å². The second kappa shape index (κ2) is 7.59. The number of nitrogens with two attached hydrogens (primary N) is 1. The fourth-order valence-electron chi connectivity index (χ4n) is 1.84. The van der Waals surface area contributed by atoms with Gasteiger partial charge >= 0.3 is 0 Å². The Hall–Kier alpha value is -1.14. The van der Waals surface area contributed by atoms with Crippen molar-refractivity contribution in [2.24, 2.45) is 5.73 Å². The lowest BCUT2D eigenvalue weighted by Gasteiger charge is -2.11. The standard InChI is InChI=1S/C14H18N2O2S.ClH/c1-9(15)6-14(18)16-8-11(17)13-7-10-4-2-3-5-12(10)19-13;/h2-5,7,9,11,17H,6,8,15H2,1H3,(H,16,18);1H. The SMILES string of the molecule is CC(N)CC(=O)NCC(O)c1cc2ccccc2s1.Cl. The van der Waals surface area contributed by atoms with Gasteiger partial charge in [-0.05, 0) is 24.4 Å². The van der Waals surface area contributed by atoms with Gasteiger partial charge < -0.3 is 16.2 Å². The van der Waals surface area contributed by atoms with E-state index in [9.17, 15) is 9.90 Å². The third-order valence-electron chi connectivity index (χ3n) is 2.77. The minimum atomic E-state index is -0.672. The first-order chi connectivity index (χ1) is 9.06. The number of aliphatic hydroxyl groups is 1. The molecule has 0 spiro atoms. The maximum Gasteiger partial charge on any atom is 0.221 e.